The van der Waals surface area contributed by atoms with Crippen LogP contribution in [0.3, 0.4) is 0 Å². The number of nitrogens with one attached hydrogen (secondary N) is 1. The first-order valence-electron chi connectivity index (χ1n) is 7.71. The second-order valence-electron chi connectivity index (χ2n) is 5.53. The summed E-state index contributed by atoms with van der Waals surface area (Å²) in [6, 6.07) is 9.22. The van der Waals surface area contributed by atoms with Crippen LogP contribution < -0.4 is 5.32 Å². The third kappa shape index (κ3) is 4.32. The van der Waals surface area contributed by atoms with E-state index in [-0.39, 0.29) is 0 Å². The van der Waals surface area contributed by atoms with E-state index in [4.69, 9.17) is 4.74 Å². The minimum absolute atomic E-state index is 0.493. The molecule has 2 heteroatoms. The van der Waals surface area contributed by atoms with Gasteiger partial charge in [0.15, 0.2) is 0 Å². The van der Waals surface area contributed by atoms with Crippen molar-refractivity contribution in [1.29, 1.82) is 0 Å². The number of ether oxygens (including phenoxy) is 1. The van der Waals surface area contributed by atoms with Gasteiger partial charge in [0.1, 0.15) is 0 Å². The molecule has 2 unspecified atom stereocenters. The Hall–Kier alpha value is -0.860. The van der Waals surface area contributed by atoms with Crippen LogP contribution >= 0.6 is 0 Å². The molecule has 2 nitrogen and oxygen atoms in total. The molecule has 1 heterocycles. The average Bonchev–Trinajstić information content (AvgIpc) is 2.92. The Morgan fingerprint density at radius 2 is 2.21 bits per heavy atom. The fourth-order valence-electron chi connectivity index (χ4n) is 3.01. The van der Waals surface area contributed by atoms with E-state index in [1.54, 1.807) is 0 Å². The van der Waals surface area contributed by atoms with Crippen molar-refractivity contribution in [3.63, 3.8) is 0 Å². The second kappa shape index (κ2) is 7.66. The molecular weight excluding hydrogens is 234 g/mol. The summed E-state index contributed by atoms with van der Waals surface area (Å²) >= 11 is 0. The van der Waals surface area contributed by atoms with Crippen molar-refractivity contribution in [3.8, 4) is 0 Å². The highest BCUT2D eigenvalue weighted by Crippen LogP contribution is 2.25. The highest BCUT2D eigenvalue weighted by Gasteiger charge is 2.17. The van der Waals surface area contributed by atoms with Crippen molar-refractivity contribution in [2.75, 3.05) is 13.2 Å². The highest BCUT2D eigenvalue weighted by molar-refractivity contribution is 5.28. The third-order valence-electron chi connectivity index (χ3n) is 4.06. The molecule has 0 spiro atoms. The molecule has 1 fully saturated rings. The fraction of sp³-hybridized carbons (Fsp3) is 0.647. The lowest BCUT2D eigenvalue weighted by Crippen LogP contribution is -2.22. The van der Waals surface area contributed by atoms with Crippen LogP contribution in [0.25, 0.3) is 0 Å². The van der Waals surface area contributed by atoms with Crippen LogP contribution in [-0.2, 0) is 4.74 Å². The van der Waals surface area contributed by atoms with Gasteiger partial charge in [-0.2, -0.15) is 0 Å². The lowest BCUT2D eigenvalue weighted by molar-refractivity contribution is 0.101. The van der Waals surface area contributed by atoms with Gasteiger partial charge in [-0.05, 0) is 56.7 Å². The summed E-state index contributed by atoms with van der Waals surface area (Å²) in [7, 11) is 0. The number of benzene rings is 1. The lowest BCUT2D eigenvalue weighted by atomic mass is 9.96. The molecule has 1 aromatic carbocycles. The number of hydrogen-bond donors (Lipinski definition) is 1. The standard InChI is InChI=1S/C17H27NO/c1-3-18-17(16-11-5-4-8-14(16)2)12-6-9-15-10-7-13-19-15/h4-5,8,11,15,17-18H,3,6-7,9-10,12-13H2,1-2H3. The van der Waals surface area contributed by atoms with Crippen molar-refractivity contribution in [2.24, 2.45) is 0 Å². The van der Waals surface area contributed by atoms with E-state index in [1.165, 1.54) is 43.2 Å². The maximum Gasteiger partial charge on any atom is 0.0576 e. The van der Waals surface area contributed by atoms with Gasteiger partial charge in [0.05, 0.1) is 6.10 Å². The predicted octanol–water partition coefficient (Wildman–Crippen LogP) is 3.99. The van der Waals surface area contributed by atoms with Crippen molar-refractivity contribution in [3.05, 3.63) is 35.4 Å². The number of rotatable bonds is 7. The molecule has 2 rings (SSSR count). The molecule has 1 aliphatic heterocycles. The van der Waals surface area contributed by atoms with E-state index in [2.05, 4.69) is 43.4 Å². The summed E-state index contributed by atoms with van der Waals surface area (Å²) in [5, 5.41) is 3.62. The third-order valence-corrected chi connectivity index (χ3v) is 4.06. The normalized spacial score (nSPS) is 20.6. The Morgan fingerprint density at radius 3 is 2.89 bits per heavy atom. The van der Waals surface area contributed by atoms with E-state index < -0.39 is 0 Å². The zero-order valence-corrected chi connectivity index (χ0v) is 12.3. The Morgan fingerprint density at radius 1 is 1.37 bits per heavy atom. The van der Waals surface area contributed by atoms with E-state index in [0.717, 1.165) is 13.2 Å². The topological polar surface area (TPSA) is 21.3 Å². The molecule has 1 aliphatic rings. The van der Waals surface area contributed by atoms with Gasteiger partial charge in [0.2, 0.25) is 0 Å². The van der Waals surface area contributed by atoms with Crippen molar-refractivity contribution in [2.45, 2.75) is 58.1 Å². The van der Waals surface area contributed by atoms with Gasteiger partial charge in [-0.1, -0.05) is 31.2 Å². The van der Waals surface area contributed by atoms with Gasteiger partial charge in [0, 0.05) is 12.6 Å². The van der Waals surface area contributed by atoms with Gasteiger partial charge in [-0.3, -0.25) is 0 Å². The summed E-state index contributed by atoms with van der Waals surface area (Å²) < 4.78 is 5.70. The Balaban J connectivity index is 1.87. The smallest absolute Gasteiger partial charge is 0.0576 e. The molecule has 0 saturated carbocycles. The average molecular weight is 261 g/mol. The predicted molar refractivity (Wildman–Crippen MR) is 80.4 cm³/mol. The van der Waals surface area contributed by atoms with Gasteiger partial charge in [0.25, 0.3) is 0 Å². The molecule has 2 atom stereocenters. The van der Waals surface area contributed by atoms with Gasteiger partial charge < -0.3 is 10.1 Å². The van der Waals surface area contributed by atoms with E-state index in [1.807, 2.05) is 0 Å². The lowest BCUT2D eigenvalue weighted by Gasteiger charge is -2.21. The molecule has 1 aromatic rings. The largest absolute Gasteiger partial charge is 0.378 e. The molecule has 19 heavy (non-hydrogen) atoms. The van der Waals surface area contributed by atoms with Crippen LogP contribution in [0, 0.1) is 6.92 Å². The first-order valence-corrected chi connectivity index (χ1v) is 7.71. The van der Waals surface area contributed by atoms with Crippen LogP contribution in [0.15, 0.2) is 24.3 Å². The van der Waals surface area contributed by atoms with Gasteiger partial charge in [-0.25, -0.2) is 0 Å². The van der Waals surface area contributed by atoms with E-state index in [9.17, 15) is 0 Å². The summed E-state index contributed by atoms with van der Waals surface area (Å²) in [5.41, 5.74) is 2.85. The molecule has 0 bridgehead atoms. The maximum atomic E-state index is 5.70. The molecular formula is C17H27NO. The SMILES string of the molecule is CCNC(CCCC1CCCO1)c1ccccc1C. The molecule has 1 saturated heterocycles. The number of hydrogen-bond acceptors (Lipinski definition) is 2. The van der Waals surface area contributed by atoms with Crippen LogP contribution in [-0.4, -0.2) is 19.3 Å². The monoisotopic (exact) mass is 261 g/mol. The zero-order chi connectivity index (χ0) is 13.5. The first kappa shape index (κ1) is 14.5. The minimum Gasteiger partial charge on any atom is -0.378 e. The molecule has 1 N–H and O–H groups in total. The summed E-state index contributed by atoms with van der Waals surface area (Å²) in [5.74, 6) is 0. The van der Waals surface area contributed by atoms with Crippen molar-refractivity contribution >= 4 is 0 Å². The maximum absolute atomic E-state index is 5.70. The molecule has 0 aromatic heterocycles. The molecule has 0 amide bonds. The Labute approximate surface area is 117 Å². The van der Waals surface area contributed by atoms with Crippen LogP contribution in [0.2, 0.25) is 0 Å². The Kier molecular flexibility index (Phi) is 5.87. The van der Waals surface area contributed by atoms with Crippen LogP contribution in [0.1, 0.15) is 56.2 Å². The van der Waals surface area contributed by atoms with Crippen molar-refractivity contribution < 1.29 is 4.74 Å². The molecule has 106 valence electrons. The quantitative estimate of drug-likeness (QED) is 0.801. The van der Waals surface area contributed by atoms with E-state index >= 15 is 0 Å². The van der Waals surface area contributed by atoms with Gasteiger partial charge in [-0.15, -0.1) is 0 Å². The first-order chi connectivity index (χ1) is 9.31. The van der Waals surface area contributed by atoms with E-state index in [0.29, 0.717) is 12.1 Å². The molecule has 0 aliphatic carbocycles. The second-order valence-corrected chi connectivity index (χ2v) is 5.53. The summed E-state index contributed by atoms with van der Waals surface area (Å²) in [6.07, 6.45) is 6.71. The van der Waals surface area contributed by atoms with Crippen LogP contribution in [0.4, 0.5) is 0 Å². The fourth-order valence-corrected chi connectivity index (χ4v) is 3.01. The Bertz CT molecular complexity index is 371. The summed E-state index contributed by atoms with van der Waals surface area (Å²) in [6.45, 7) is 6.39. The van der Waals surface area contributed by atoms with Gasteiger partial charge >= 0.3 is 0 Å². The number of aryl methyl sites for hydroxylation is 1. The summed E-state index contributed by atoms with van der Waals surface area (Å²) in [4.78, 5) is 0. The minimum atomic E-state index is 0.493. The highest BCUT2D eigenvalue weighted by atomic mass is 16.5. The molecule has 0 radical (unpaired) electrons. The van der Waals surface area contributed by atoms with Crippen LogP contribution in [0.5, 0.6) is 0 Å². The zero-order valence-electron chi connectivity index (χ0n) is 12.3. The van der Waals surface area contributed by atoms with Crippen molar-refractivity contribution in [1.82, 2.24) is 5.32 Å².